The zero-order valence-electron chi connectivity index (χ0n) is 11.6. The number of benzene rings is 2. The van der Waals surface area contributed by atoms with E-state index >= 15 is 0 Å². The molecule has 0 aliphatic heterocycles. The van der Waals surface area contributed by atoms with Gasteiger partial charge in [-0.3, -0.25) is 0 Å². The van der Waals surface area contributed by atoms with Crippen LogP contribution in [0.15, 0.2) is 54.6 Å². The van der Waals surface area contributed by atoms with Crippen molar-refractivity contribution in [3.8, 4) is 17.5 Å². The number of nitrogens with two attached hydrogens (primary N) is 1. The van der Waals surface area contributed by atoms with Crippen molar-refractivity contribution >= 4 is 22.2 Å². The lowest BCUT2D eigenvalue weighted by atomic mass is 10.1. The molecule has 4 aromatic rings. The van der Waals surface area contributed by atoms with E-state index in [9.17, 15) is 5.26 Å². The molecule has 2 aromatic heterocycles. The summed E-state index contributed by atoms with van der Waals surface area (Å²) in [6.07, 6.45) is 0. The highest BCUT2D eigenvalue weighted by atomic mass is 15.3. The molecule has 0 spiro atoms. The second-order valence-corrected chi connectivity index (χ2v) is 4.95. The van der Waals surface area contributed by atoms with Crippen LogP contribution in [0.3, 0.4) is 0 Å². The fourth-order valence-corrected chi connectivity index (χ4v) is 2.65. The third-order valence-corrected chi connectivity index (χ3v) is 3.64. The molecular weight excluding hydrogens is 274 g/mol. The predicted molar refractivity (Wildman–Crippen MR) is 85.1 cm³/mol. The van der Waals surface area contributed by atoms with E-state index < -0.39 is 0 Å². The number of rotatable bonds is 1. The van der Waals surface area contributed by atoms with E-state index in [0.717, 1.165) is 16.5 Å². The van der Waals surface area contributed by atoms with Gasteiger partial charge < -0.3 is 5.73 Å². The molecule has 0 amide bonds. The first-order chi connectivity index (χ1) is 10.8. The summed E-state index contributed by atoms with van der Waals surface area (Å²) in [5.74, 6) is 0.889. The summed E-state index contributed by atoms with van der Waals surface area (Å²) in [4.78, 5) is 4.70. The van der Waals surface area contributed by atoms with Crippen LogP contribution in [0.4, 0.5) is 5.82 Å². The van der Waals surface area contributed by atoms with Crippen molar-refractivity contribution in [2.45, 2.75) is 0 Å². The summed E-state index contributed by atoms with van der Waals surface area (Å²) in [5.41, 5.74) is 8.74. The second kappa shape index (κ2) is 4.57. The summed E-state index contributed by atoms with van der Waals surface area (Å²) in [6.45, 7) is 0. The van der Waals surface area contributed by atoms with Crippen molar-refractivity contribution in [2.75, 3.05) is 5.73 Å². The van der Waals surface area contributed by atoms with E-state index in [-0.39, 0.29) is 5.82 Å². The van der Waals surface area contributed by atoms with Gasteiger partial charge in [0, 0.05) is 10.9 Å². The molecule has 0 saturated carbocycles. The molecule has 5 nitrogen and oxygen atoms in total. The first kappa shape index (κ1) is 12.4. The zero-order chi connectivity index (χ0) is 15.1. The summed E-state index contributed by atoms with van der Waals surface area (Å²) in [5, 5.41) is 14.6. The zero-order valence-corrected chi connectivity index (χ0v) is 11.6. The Morgan fingerprint density at radius 2 is 1.73 bits per heavy atom. The van der Waals surface area contributed by atoms with Gasteiger partial charge in [0.05, 0.1) is 11.0 Å². The quantitative estimate of drug-likeness (QED) is 0.583. The average Bonchev–Trinajstić information content (AvgIpc) is 2.91. The summed E-state index contributed by atoms with van der Waals surface area (Å²) in [6, 6.07) is 19.6. The van der Waals surface area contributed by atoms with Crippen molar-refractivity contribution in [3.05, 3.63) is 60.2 Å². The van der Waals surface area contributed by atoms with Crippen molar-refractivity contribution in [1.82, 2.24) is 14.6 Å². The van der Waals surface area contributed by atoms with Gasteiger partial charge in [0.15, 0.2) is 11.6 Å². The topological polar surface area (TPSA) is 80.0 Å². The molecule has 22 heavy (non-hydrogen) atoms. The minimum absolute atomic E-state index is 0.220. The molecule has 2 N–H and O–H groups in total. The molecule has 0 bridgehead atoms. The summed E-state index contributed by atoms with van der Waals surface area (Å²) >= 11 is 0. The molecule has 0 saturated heterocycles. The lowest BCUT2D eigenvalue weighted by molar-refractivity contribution is 0.951. The maximum Gasteiger partial charge on any atom is 0.164 e. The van der Waals surface area contributed by atoms with Gasteiger partial charge in [0.25, 0.3) is 0 Å². The van der Waals surface area contributed by atoms with Crippen LogP contribution >= 0.6 is 0 Å². The summed E-state index contributed by atoms with van der Waals surface area (Å²) < 4.78 is 1.66. The normalized spacial score (nSPS) is 10.9. The van der Waals surface area contributed by atoms with Crippen LogP contribution in [0.1, 0.15) is 5.56 Å². The SMILES string of the molecule is N#Cc1c(N)nn2c(-c3ccccc3)nc3ccccc3c12. The smallest absolute Gasteiger partial charge is 0.164 e. The Kier molecular flexibility index (Phi) is 2.57. The van der Waals surface area contributed by atoms with Crippen molar-refractivity contribution in [2.24, 2.45) is 0 Å². The molecule has 4 rings (SSSR count). The third-order valence-electron chi connectivity index (χ3n) is 3.64. The van der Waals surface area contributed by atoms with Crippen LogP contribution in [0.2, 0.25) is 0 Å². The number of nitrogens with zero attached hydrogens (tertiary/aromatic N) is 4. The Hall–Kier alpha value is -3.39. The molecule has 0 atom stereocenters. The minimum atomic E-state index is 0.220. The second-order valence-electron chi connectivity index (χ2n) is 4.95. The molecule has 0 aliphatic carbocycles. The van der Waals surface area contributed by atoms with Gasteiger partial charge in [-0.15, -0.1) is 5.10 Å². The van der Waals surface area contributed by atoms with Gasteiger partial charge in [0.2, 0.25) is 0 Å². The third kappa shape index (κ3) is 1.64. The average molecular weight is 285 g/mol. The monoisotopic (exact) mass is 285 g/mol. The molecule has 0 radical (unpaired) electrons. The van der Waals surface area contributed by atoms with E-state index in [1.54, 1.807) is 4.52 Å². The van der Waals surface area contributed by atoms with E-state index in [1.807, 2.05) is 54.6 Å². The Balaban J connectivity index is 2.24. The molecule has 104 valence electrons. The Bertz CT molecular complexity index is 1040. The first-order valence-electron chi connectivity index (χ1n) is 6.82. The molecule has 0 unspecified atom stereocenters. The number of nitrogen functional groups attached to an aromatic ring is 1. The van der Waals surface area contributed by atoms with Crippen molar-refractivity contribution in [1.29, 1.82) is 5.26 Å². The van der Waals surface area contributed by atoms with Crippen LogP contribution in [0.5, 0.6) is 0 Å². The first-order valence-corrected chi connectivity index (χ1v) is 6.82. The standard InChI is InChI=1S/C17H11N5/c18-10-13-15-12-8-4-5-9-14(12)20-17(22(15)21-16(13)19)11-6-2-1-3-7-11/h1-9H,(H2,19,21). The van der Waals surface area contributed by atoms with Crippen molar-refractivity contribution < 1.29 is 0 Å². The highest BCUT2D eigenvalue weighted by molar-refractivity contribution is 5.99. The van der Waals surface area contributed by atoms with Gasteiger partial charge >= 0.3 is 0 Å². The number of fused-ring (bicyclic) bond motifs is 3. The van der Waals surface area contributed by atoms with E-state index in [2.05, 4.69) is 11.2 Å². The molecule has 2 heterocycles. The number of hydrogen-bond donors (Lipinski definition) is 1. The lowest BCUT2D eigenvalue weighted by Crippen LogP contribution is -1.99. The lowest BCUT2D eigenvalue weighted by Gasteiger charge is -2.07. The number of anilines is 1. The van der Waals surface area contributed by atoms with Gasteiger partial charge in [-0.25, -0.2) is 9.50 Å². The van der Waals surface area contributed by atoms with E-state index in [0.29, 0.717) is 16.9 Å². The maximum absolute atomic E-state index is 9.42. The van der Waals surface area contributed by atoms with Crippen LogP contribution in [0.25, 0.3) is 27.8 Å². The van der Waals surface area contributed by atoms with E-state index in [1.165, 1.54) is 0 Å². The highest BCUT2D eigenvalue weighted by Crippen LogP contribution is 2.29. The van der Waals surface area contributed by atoms with Gasteiger partial charge in [-0.05, 0) is 6.07 Å². The number of para-hydroxylation sites is 1. The number of hydrogen-bond acceptors (Lipinski definition) is 4. The van der Waals surface area contributed by atoms with E-state index in [4.69, 9.17) is 10.7 Å². The van der Waals surface area contributed by atoms with Crippen LogP contribution in [-0.2, 0) is 0 Å². The molecular formula is C17H11N5. The molecule has 5 heteroatoms. The Morgan fingerprint density at radius 1 is 1.00 bits per heavy atom. The molecule has 2 aromatic carbocycles. The van der Waals surface area contributed by atoms with Crippen LogP contribution in [-0.4, -0.2) is 14.6 Å². The Labute approximate surface area is 126 Å². The number of aromatic nitrogens is 3. The minimum Gasteiger partial charge on any atom is -0.381 e. The summed E-state index contributed by atoms with van der Waals surface area (Å²) in [7, 11) is 0. The van der Waals surface area contributed by atoms with Crippen LogP contribution < -0.4 is 5.73 Å². The molecule has 0 fully saturated rings. The fourth-order valence-electron chi connectivity index (χ4n) is 2.65. The van der Waals surface area contributed by atoms with Gasteiger partial charge in [-0.1, -0.05) is 48.5 Å². The number of nitriles is 1. The molecule has 0 aliphatic rings. The van der Waals surface area contributed by atoms with Gasteiger partial charge in [0.1, 0.15) is 11.6 Å². The van der Waals surface area contributed by atoms with Gasteiger partial charge in [-0.2, -0.15) is 5.26 Å². The largest absolute Gasteiger partial charge is 0.381 e. The predicted octanol–water partition coefficient (Wildman–Crippen LogP) is 3.00. The Morgan fingerprint density at radius 3 is 2.50 bits per heavy atom. The van der Waals surface area contributed by atoms with Crippen molar-refractivity contribution in [3.63, 3.8) is 0 Å². The maximum atomic E-state index is 9.42. The fraction of sp³-hybridized carbons (Fsp3) is 0. The van der Waals surface area contributed by atoms with Crippen LogP contribution in [0, 0.1) is 11.3 Å². The highest BCUT2D eigenvalue weighted by Gasteiger charge is 2.17.